The molecule has 0 aliphatic heterocycles. The smallest absolute Gasteiger partial charge is 0.166 e. The molecule has 0 unspecified atom stereocenters. The van der Waals surface area contributed by atoms with Crippen LogP contribution in [0.2, 0.25) is 0 Å². The van der Waals surface area contributed by atoms with Crippen molar-refractivity contribution in [1.29, 1.82) is 0 Å². The van der Waals surface area contributed by atoms with Crippen LogP contribution in [0, 0.1) is 6.92 Å². The van der Waals surface area contributed by atoms with E-state index >= 15 is 0 Å². The molecule has 78 valence electrons. The first kappa shape index (κ1) is 11.0. The Hall–Kier alpha value is -1.03. The van der Waals surface area contributed by atoms with Crippen LogP contribution in [0.4, 0.5) is 0 Å². The van der Waals surface area contributed by atoms with E-state index in [1.165, 1.54) is 0 Å². The van der Waals surface area contributed by atoms with Gasteiger partial charge in [-0.2, -0.15) is 0 Å². The summed E-state index contributed by atoms with van der Waals surface area (Å²) in [7, 11) is 0. The normalized spacial score (nSPS) is 10.3. The monoisotopic (exact) mass is 212 g/mol. The topological polar surface area (TPSA) is 37.2 Å². The number of thiocarbonyl (C=S) groups is 1. The van der Waals surface area contributed by atoms with Crippen molar-refractivity contribution in [2.75, 3.05) is 0 Å². The molecule has 0 radical (unpaired) electrons. The lowest BCUT2D eigenvalue weighted by Gasteiger charge is -2.11. The van der Waals surface area contributed by atoms with Crippen LogP contribution in [0.3, 0.4) is 0 Å². The largest absolute Gasteiger partial charge is 0.465 e. The third-order valence-electron chi connectivity index (χ3n) is 1.64. The van der Waals surface area contributed by atoms with Gasteiger partial charge in [0.25, 0.3) is 0 Å². The number of nitrogens with one attached hydrogen (secondary N) is 2. The second-order valence-corrected chi connectivity index (χ2v) is 3.90. The van der Waals surface area contributed by atoms with Gasteiger partial charge in [-0.1, -0.05) is 0 Å². The molecule has 1 aromatic heterocycles. The molecule has 1 rings (SSSR count). The molecule has 0 aromatic carbocycles. The molecule has 3 nitrogen and oxygen atoms in total. The maximum absolute atomic E-state index is 5.39. The minimum atomic E-state index is 0.355. The van der Waals surface area contributed by atoms with Crippen LogP contribution in [0.1, 0.15) is 25.4 Å². The Balaban J connectivity index is 2.30. The highest BCUT2D eigenvalue weighted by molar-refractivity contribution is 7.80. The molecule has 14 heavy (non-hydrogen) atoms. The van der Waals surface area contributed by atoms with E-state index in [1.807, 2.05) is 32.9 Å². The van der Waals surface area contributed by atoms with E-state index in [0.29, 0.717) is 17.7 Å². The van der Waals surface area contributed by atoms with E-state index in [0.717, 1.165) is 11.5 Å². The minimum absolute atomic E-state index is 0.355. The van der Waals surface area contributed by atoms with Crippen molar-refractivity contribution in [3.63, 3.8) is 0 Å². The van der Waals surface area contributed by atoms with Crippen molar-refractivity contribution in [3.8, 4) is 0 Å². The van der Waals surface area contributed by atoms with Gasteiger partial charge in [0.05, 0.1) is 6.54 Å². The third kappa shape index (κ3) is 3.79. The van der Waals surface area contributed by atoms with Crippen molar-refractivity contribution in [2.45, 2.75) is 33.4 Å². The average molecular weight is 212 g/mol. The van der Waals surface area contributed by atoms with Crippen molar-refractivity contribution in [2.24, 2.45) is 0 Å². The summed E-state index contributed by atoms with van der Waals surface area (Å²) < 4.78 is 5.39. The van der Waals surface area contributed by atoms with Gasteiger partial charge in [-0.3, -0.25) is 0 Å². The molecule has 4 heteroatoms. The number of furan rings is 1. The number of rotatable bonds is 3. The molecular formula is C10H16N2OS. The summed E-state index contributed by atoms with van der Waals surface area (Å²) in [5.74, 6) is 1.82. The summed E-state index contributed by atoms with van der Waals surface area (Å²) in [6, 6.07) is 4.24. The molecule has 2 N–H and O–H groups in total. The van der Waals surface area contributed by atoms with E-state index in [-0.39, 0.29) is 0 Å². The summed E-state index contributed by atoms with van der Waals surface area (Å²) in [6.07, 6.45) is 0. The van der Waals surface area contributed by atoms with E-state index in [4.69, 9.17) is 16.6 Å². The zero-order valence-electron chi connectivity index (χ0n) is 8.76. The summed E-state index contributed by atoms with van der Waals surface area (Å²) in [5.41, 5.74) is 0. The van der Waals surface area contributed by atoms with Gasteiger partial charge in [0.2, 0.25) is 0 Å². The first-order valence-corrected chi connectivity index (χ1v) is 5.08. The molecule has 0 spiro atoms. The van der Waals surface area contributed by atoms with Gasteiger partial charge in [-0.15, -0.1) is 0 Å². The Kier molecular flexibility index (Phi) is 3.95. The molecule has 0 atom stereocenters. The van der Waals surface area contributed by atoms with Gasteiger partial charge in [-0.25, -0.2) is 0 Å². The highest BCUT2D eigenvalue weighted by atomic mass is 32.1. The Morgan fingerprint density at radius 3 is 2.71 bits per heavy atom. The number of hydrogen-bond acceptors (Lipinski definition) is 2. The Labute approximate surface area is 89.9 Å². The fourth-order valence-electron chi connectivity index (χ4n) is 1.06. The van der Waals surface area contributed by atoms with Crippen LogP contribution < -0.4 is 10.6 Å². The van der Waals surface area contributed by atoms with Crippen LogP contribution in [-0.2, 0) is 6.54 Å². The molecule has 0 aliphatic rings. The Morgan fingerprint density at radius 2 is 2.21 bits per heavy atom. The first-order chi connectivity index (χ1) is 6.58. The van der Waals surface area contributed by atoms with Gasteiger partial charge in [0.1, 0.15) is 11.5 Å². The van der Waals surface area contributed by atoms with Crippen molar-refractivity contribution < 1.29 is 4.42 Å². The van der Waals surface area contributed by atoms with Gasteiger partial charge >= 0.3 is 0 Å². The Bertz CT molecular complexity index is 307. The molecule has 0 amide bonds. The van der Waals surface area contributed by atoms with Crippen LogP contribution in [0.15, 0.2) is 16.5 Å². The highest BCUT2D eigenvalue weighted by Crippen LogP contribution is 2.05. The third-order valence-corrected chi connectivity index (χ3v) is 1.90. The minimum Gasteiger partial charge on any atom is -0.465 e. The van der Waals surface area contributed by atoms with Crippen LogP contribution in [-0.4, -0.2) is 11.2 Å². The Morgan fingerprint density at radius 1 is 1.50 bits per heavy atom. The van der Waals surface area contributed by atoms with Gasteiger partial charge in [-0.05, 0) is 45.1 Å². The molecule has 0 aliphatic carbocycles. The van der Waals surface area contributed by atoms with Crippen molar-refractivity contribution in [3.05, 3.63) is 23.7 Å². The predicted octanol–water partition coefficient (Wildman–Crippen LogP) is 1.96. The lowest BCUT2D eigenvalue weighted by Crippen LogP contribution is -2.38. The van der Waals surface area contributed by atoms with E-state index in [2.05, 4.69) is 10.6 Å². The standard InChI is InChI=1S/C10H16N2OS/c1-7(2)12-10(14)11-6-9-5-4-8(3)13-9/h4-5,7H,6H2,1-3H3,(H2,11,12,14). The highest BCUT2D eigenvalue weighted by Gasteiger charge is 2.00. The zero-order chi connectivity index (χ0) is 10.6. The van der Waals surface area contributed by atoms with E-state index in [9.17, 15) is 0 Å². The van der Waals surface area contributed by atoms with E-state index in [1.54, 1.807) is 0 Å². The summed E-state index contributed by atoms with van der Waals surface area (Å²) in [6.45, 7) is 6.65. The van der Waals surface area contributed by atoms with Crippen molar-refractivity contribution >= 4 is 17.3 Å². The number of aryl methyl sites for hydroxylation is 1. The quantitative estimate of drug-likeness (QED) is 0.751. The van der Waals surface area contributed by atoms with Crippen molar-refractivity contribution in [1.82, 2.24) is 10.6 Å². The molecule has 1 heterocycles. The predicted molar refractivity (Wildman–Crippen MR) is 61.2 cm³/mol. The molecule has 0 bridgehead atoms. The fraction of sp³-hybridized carbons (Fsp3) is 0.500. The average Bonchev–Trinajstić information content (AvgIpc) is 2.47. The van der Waals surface area contributed by atoms with Crippen LogP contribution in [0.5, 0.6) is 0 Å². The summed E-state index contributed by atoms with van der Waals surface area (Å²) >= 11 is 5.07. The lowest BCUT2D eigenvalue weighted by atomic mass is 10.4. The lowest BCUT2D eigenvalue weighted by molar-refractivity contribution is 0.477. The summed E-state index contributed by atoms with van der Waals surface area (Å²) in [4.78, 5) is 0. The van der Waals surface area contributed by atoms with Gasteiger partial charge < -0.3 is 15.1 Å². The second-order valence-electron chi connectivity index (χ2n) is 3.49. The fourth-order valence-corrected chi connectivity index (χ4v) is 1.37. The van der Waals surface area contributed by atoms with Crippen LogP contribution in [0.25, 0.3) is 0 Å². The molecule has 1 aromatic rings. The first-order valence-electron chi connectivity index (χ1n) is 4.67. The van der Waals surface area contributed by atoms with Crippen LogP contribution >= 0.6 is 12.2 Å². The molecule has 0 saturated heterocycles. The molecule has 0 saturated carbocycles. The number of hydrogen-bond donors (Lipinski definition) is 2. The second kappa shape index (κ2) is 5.00. The van der Waals surface area contributed by atoms with Gasteiger partial charge in [0, 0.05) is 6.04 Å². The maximum atomic E-state index is 5.39. The van der Waals surface area contributed by atoms with E-state index < -0.39 is 0 Å². The molecule has 0 fully saturated rings. The maximum Gasteiger partial charge on any atom is 0.166 e. The SMILES string of the molecule is Cc1ccc(CNC(=S)NC(C)C)o1. The van der Waals surface area contributed by atoms with Gasteiger partial charge in [0.15, 0.2) is 5.11 Å². The summed E-state index contributed by atoms with van der Waals surface area (Å²) in [5, 5.41) is 6.83. The molecular weight excluding hydrogens is 196 g/mol. The zero-order valence-corrected chi connectivity index (χ0v) is 9.57.